The molecule has 8 N–H and O–H groups in total. The number of aromatic carboxylic acids is 1. The molecule has 5 aromatic carbocycles. The van der Waals surface area contributed by atoms with Gasteiger partial charge in [-0.1, -0.05) is 30.3 Å². The Morgan fingerprint density at radius 1 is 0.903 bits per heavy atom. The number of fused-ring (bicyclic) bond motifs is 3. The van der Waals surface area contributed by atoms with E-state index >= 15 is 0 Å². The van der Waals surface area contributed by atoms with Crippen LogP contribution in [-0.4, -0.2) is 59.8 Å². The summed E-state index contributed by atoms with van der Waals surface area (Å²) in [6, 6.07) is 26.3. The van der Waals surface area contributed by atoms with Gasteiger partial charge in [0.15, 0.2) is 11.1 Å². The van der Waals surface area contributed by atoms with Gasteiger partial charge in [-0.25, -0.2) is 4.79 Å². The normalized spacial score (nSPS) is 10.8. The van der Waals surface area contributed by atoms with Gasteiger partial charge in [0, 0.05) is 85.1 Å². The molecular formula is C41H30N5O13S2Y-. The first-order valence-corrected chi connectivity index (χ1v) is 19.5. The minimum absolute atomic E-state index is 0. The molecule has 1 radical (unpaired) electrons. The molecule has 0 saturated heterocycles. The summed E-state index contributed by atoms with van der Waals surface area (Å²) >= 11 is 0. The molecule has 0 atom stereocenters. The molecule has 1 aliphatic heterocycles. The van der Waals surface area contributed by atoms with Gasteiger partial charge in [-0.15, -0.1) is 35.4 Å². The maximum atomic E-state index is 12.0. The van der Waals surface area contributed by atoms with E-state index in [0.717, 1.165) is 6.07 Å². The van der Waals surface area contributed by atoms with Gasteiger partial charge in [0.05, 0.1) is 29.3 Å². The van der Waals surface area contributed by atoms with Gasteiger partial charge < -0.3 is 35.3 Å². The Balaban J connectivity index is 0.000000247. The number of benzene rings is 6. The Kier molecular flexibility index (Phi) is 15.4. The van der Waals surface area contributed by atoms with E-state index in [-0.39, 0.29) is 71.5 Å². The topological polar surface area (TPSA) is 316 Å². The number of phenolic OH excluding ortho intramolecular Hbond substituents is 1. The molecule has 7 rings (SSSR count). The second-order valence-electron chi connectivity index (χ2n) is 12.7. The zero-order valence-electron chi connectivity index (χ0n) is 31.9. The molecule has 5 aromatic rings. The average Bonchev–Trinajstić information content (AvgIpc) is 3.18. The largest absolute Gasteiger partial charge is 0.505 e. The van der Waals surface area contributed by atoms with Crippen LogP contribution in [-0.2, 0) is 63.0 Å². The van der Waals surface area contributed by atoms with E-state index in [2.05, 4.69) is 22.5 Å². The molecule has 1 aliphatic carbocycles. The van der Waals surface area contributed by atoms with Crippen molar-refractivity contribution in [3.05, 3.63) is 132 Å². The summed E-state index contributed by atoms with van der Waals surface area (Å²) in [5, 5.41) is 38.2. The van der Waals surface area contributed by atoms with Crippen molar-refractivity contribution in [1.29, 1.82) is 0 Å². The Morgan fingerprint density at radius 2 is 1.56 bits per heavy atom. The maximum Gasteiger partial charge on any atom is 0.425 e. The molecule has 0 unspecified atom stereocenters. The number of azo groups is 1. The second kappa shape index (κ2) is 20.1. The fourth-order valence-corrected chi connectivity index (χ4v) is 6.67. The summed E-state index contributed by atoms with van der Waals surface area (Å²) in [4.78, 5) is 45.0. The fraction of sp³-hybridized carbons (Fsp3) is 0.0244. The third kappa shape index (κ3) is 11.2. The molecule has 2 aliphatic rings. The van der Waals surface area contributed by atoms with E-state index in [1.165, 1.54) is 49.4 Å². The van der Waals surface area contributed by atoms with Crippen LogP contribution in [0.4, 0.5) is 22.7 Å². The number of aromatic hydroxyl groups is 1. The van der Waals surface area contributed by atoms with Crippen molar-refractivity contribution in [3.8, 4) is 28.2 Å². The number of carbonyl (C=O) groups excluding carboxylic acids is 3. The molecular weight excluding hydrogens is 924 g/mol. The Hall–Kier alpha value is -6.97. The molecule has 21 heteroatoms. The first-order valence-electron chi connectivity index (χ1n) is 17.1. The molecule has 0 bridgehead atoms. The van der Waals surface area contributed by atoms with E-state index in [4.69, 9.17) is 28.2 Å². The number of amides is 1. The number of phenols is 1. The number of hydrogen-bond donors (Lipinski definition) is 6. The predicted octanol–water partition coefficient (Wildman–Crippen LogP) is 4.78. The molecule has 18 nitrogen and oxygen atoms in total. The second-order valence-corrected chi connectivity index (χ2v) is 14.5. The predicted molar refractivity (Wildman–Crippen MR) is 219 cm³/mol. The third-order valence-electron chi connectivity index (χ3n) is 8.53. The zero-order valence-corrected chi connectivity index (χ0v) is 36.4. The van der Waals surface area contributed by atoms with Crippen LogP contribution in [0.3, 0.4) is 0 Å². The number of nitrogens with one attached hydrogen (secondary N) is 1. The van der Waals surface area contributed by atoms with Crippen molar-refractivity contribution < 1.29 is 97.5 Å². The third-order valence-corrected chi connectivity index (χ3v) is 9.40. The Bertz CT molecular complexity index is 3210. The summed E-state index contributed by atoms with van der Waals surface area (Å²) < 4.78 is 64.5. The van der Waals surface area contributed by atoms with E-state index < -0.39 is 54.7 Å². The SMILES string of the molecule is CC(=O)Nc1cccc2cc(S(=O)(=O)O)c(N=Nc3ccc([C-]=O)cc3)c(O)c12.O=S(=O)=O.[CH2-]C(=O)c1ccc(-c2c3ccc(=[NH2+])cc-3oc3cc(N)ccc23)c(C(=O)O)c1.[Y]. The molecule has 62 heavy (non-hydrogen) atoms. The van der Waals surface area contributed by atoms with Crippen molar-refractivity contribution in [2.45, 2.75) is 11.8 Å². The van der Waals surface area contributed by atoms with Crippen molar-refractivity contribution in [2.24, 2.45) is 10.2 Å². The first kappa shape index (κ1) is 47.7. The number of carboxylic acids is 1. The maximum absolute atomic E-state index is 12.0. The van der Waals surface area contributed by atoms with Crippen molar-refractivity contribution in [3.63, 3.8) is 0 Å². The van der Waals surface area contributed by atoms with Crippen LogP contribution >= 0.6 is 0 Å². The Labute approximate surface area is 377 Å². The number of carboxylic acid groups (broad SMARTS) is 1. The summed E-state index contributed by atoms with van der Waals surface area (Å²) in [5.41, 5.74) is 9.24. The number of Topliss-reactive ketones (excluding diaryl/α,β-unsaturated/α-hetero) is 1. The van der Waals surface area contributed by atoms with Crippen LogP contribution in [0.2, 0.25) is 0 Å². The number of nitrogen functional groups attached to an aromatic ring is 1. The van der Waals surface area contributed by atoms with E-state index in [9.17, 15) is 42.4 Å². The van der Waals surface area contributed by atoms with Crippen LogP contribution in [0.5, 0.6) is 5.75 Å². The van der Waals surface area contributed by atoms with Gasteiger partial charge >= 0.3 is 16.6 Å². The number of nitrogens with two attached hydrogens (primary N) is 2. The Morgan fingerprint density at radius 3 is 2.16 bits per heavy atom. The number of rotatable bonds is 8. The molecule has 0 fully saturated rings. The van der Waals surface area contributed by atoms with Gasteiger partial charge in [-0.2, -0.15) is 38.2 Å². The fourth-order valence-electron chi connectivity index (χ4n) is 6.02. The van der Waals surface area contributed by atoms with Crippen molar-refractivity contribution >= 4 is 89.2 Å². The summed E-state index contributed by atoms with van der Waals surface area (Å²) in [5.74, 6) is -2.08. The number of anilines is 2. The molecule has 0 aromatic heterocycles. The standard InChI is InChI=1S/C22H15N2O4.C19H14N3O6S.O3S.Y/c1-11(25)12-2-5-15(18(8-12)22(26)27)21-16-6-3-13(23)9-19(16)28-20-10-14(24)4-7-17(20)21;1-11(24)20-15-4-2-3-13-9-16(29(26,27)28)18(19(25)17(13)15)22-21-14-7-5-12(10-23)6-8-14;1-4(2)3;/h2-10,23H,1,24H2,(H,26,27);2-9,25H,1H3,(H,20,24)(H,26,27,28);;/q2*-1;;/p+1. The van der Waals surface area contributed by atoms with Crippen LogP contribution < -0.4 is 21.8 Å². The van der Waals surface area contributed by atoms with Gasteiger partial charge in [0.25, 0.3) is 10.1 Å². The van der Waals surface area contributed by atoms with E-state index in [0.29, 0.717) is 44.5 Å². The van der Waals surface area contributed by atoms with Crippen molar-refractivity contribution in [1.82, 2.24) is 0 Å². The van der Waals surface area contributed by atoms with Crippen LogP contribution in [0.15, 0.2) is 123 Å². The zero-order chi connectivity index (χ0) is 44.8. The minimum atomic E-state index is -4.75. The molecule has 1 heterocycles. The monoisotopic (exact) mass is 953 g/mol. The number of ketones is 1. The van der Waals surface area contributed by atoms with Gasteiger partial charge in [-0.05, 0) is 41.3 Å². The van der Waals surface area contributed by atoms with Crippen LogP contribution in [0.25, 0.3) is 44.2 Å². The van der Waals surface area contributed by atoms with E-state index in [1.54, 1.807) is 60.9 Å². The van der Waals surface area contributed by atoms with Gasteiger partial charge in [-0.3, -0.25) is 14.8 Å². The quantitative estimate of drug-likeness (QED) is 0.0298. The van der Waals surface area contributed by atoms with Crippen LogP contribution in [0, 0.1) is 6.92 Å². The molecule has 1 amide bonds. The molecule has 313 valence electrons. The van der Waals surface area contributed by atoms with Crippen molar-refractivity contribution in [2.75, 3.05) is 11.1 Å². The number of nitrogens with zero attached hydrogens (tertiary/aromatic N) is 2. The van der Waals surface area contributed by atoms with Gasteiger partial charge in [0.2, 0.25) is 5.91 Å². The minimum Gasteiger partial charge on any atom is -0.505 e. The summed E-state index contributed by atoms with van der Waals surface area (Å²) in [6.07, 6.45) is 1.70. The molecule has 0 spiro atoms. The van der Waals surface area contributed by atoms with Gasteiger partial charge in [0.1, 0.15) is 21.9 Å². The van der Waals surface area contributed by atoms with Crippen LogP contribution in [0.1, 0.15) is 33.2 Å². The molecule has 0 saturated carbocycles. The first-order chi connectivity index (χ1) is 28.8. The number of hydrogen-bond acceptors (Lipinski definition) is 14. The summed E-state index contributed by atoms with van der Waals surface area (Å²) in [6.45, 7) is 4.64. The van der Waals surface area contributed by atoms with E-state index in [1.807, 2.05) is 0 Å². The average molecular weight is 954 g/mol. The summed E-state index contributed by atoms with van der Waals surface area (Å²) in [7, 11) is -7.86. The smallest absolute Gasteiger partial charge is 0.425 e. The number of carbonyl (C=O) groups is 3.